The summed E-state index contributed by atoms with van der Waals surface area (Å²) in [5, 5.41) is 3.28. The molecule has 0 saturated carbocycles. The Balaban J connectivity index is 2.92. The summed E-state index contributed by atoms with van der Waals surface area (Å²) in [5.41, 5.74) is 2.41. The number of halogens is 1. The monoisotopic (exact) mass is 251 g/mol. The standard InChI is InChI=1S/C12H14BrN/c1-4-9(3)14-12-7-6-11(13)8-10(12)5-2/h1,6-9,14H,5H2,2-3H3. The van der Waals surface area contributed by atoms with Gasteiger partial charge < -0.3 is 5.32 Å². The first kappa shape index (κ1) is 11.1. The number of hydrogen-bond donors (Lipinski definition) is 1. The van der Waals surface area contributed by atoms with Gasteiger partial charge >= 0.3 is 0 Å². The molecule has 74 valence electrons. The van der Waals surface area contributed by atoms with Crippen LogP contribution in [0.2, 0.25) is 0 Å². The first-order valence-electron chi connectivity index (χ1n) is 4.68. The summed E-state index contributed by atoms with van der Waals surface area (Å²) in [6.07, 6.45) is 6.32. The van der Waals surface area contributed by atoms with Gasteiger partial charge in [0.25, 0.3) is 0 Å². The number of hydrogen-bond acceptors (Lipinski definition) is 1. The average molecular weight is 252 g/mol. The first-order valence-corrected chi connectivity index (χ1v) is 5.47. The van der Waals surface area contributed by atoms with Crippen LogP contribution in [0.1, 0.15) is 19.4 Å². The second kappa shape index (κ2) is 5.07. The average Bonchev–Trinajstić information content (AvgIpc) is 2.20. The molecule has 0 aliphatic carbocycles. The molecule has 1 nitrogen and oxygen atoms in total. The lowest BCUT2D eigenvalue weighted by atomic mass is 10.1. The Morgan fingerprint density at radius 3 is 2.86 bits per heavy atom. The van der Waals surface area contributed by atoms with Crippen molar-refractivity contribution in [3.8, 4) is 12.3 Å². The molecule has 0 aromatic heterocycles. The molecular formula is C12H14BrN. The molecule has 0 fully saturated rings. The number of nitrogens with one attached hydrogen (secondary N) is 1. The van der Waals surface area contributed by atoms with Crippen LogP contribution in [-0.2, 0) is 6.42 Å². The van der Waals surface area contributed by atoms with E-state index < -0.39 is 0 Å². The third-order valence-electron chi connectivity index (χ3n) is 2.07. The molecule has 0 heterocycles. The highest BCUT2D eigenvalue weighted by atomic mass is 79.9. The zero-order valence-electron chi connectivity index (χ0n) is 8.47. The van der Waals surface area contributed by atoms with Gasteiger partial charge in [0.2, 0.25) is 0 Å². The molecule has 0 radical (unpaired) electrons. The van der Waals surface area contributed by atoms with Crippen molar-refractivity contribution in [1.82, 2.24) is 0 Å². The van der Waals surface area contributed by atoms with E-state index in [1.54, 1.807) is 0 Å². The van der Waals surface area contributed by atoms with E-state index in [1.165, 1.54) is 5.56 Å². The maximum atomic E-state index is 5.32. The van der Waals surface area contributed by atoms with Gasteiger partial charge in [-0.3, -0.25) is 0 Å². The molecule has 0 aliphatic rings. The molecule has 2 heteroatoms. The molecule has 0 saturated heterocycles. The molecule has 1 unspecified atom stereocenters. The smallest absolute Gasteiger partial charge is 0.0845 e. The molecule has 0 aliphatic heterocycles. The predicted molar refractivity (Wildman–Crippen MR) is 65.4 cm³/mol. The van der Waals surface area contributed by atoms with Crippen LogP contribution in [0.25, 0.3) is 0 Å². The predicted octanol–water partition coefficient (Wildman–Crippen LogP) is 3.45. The highest BCUT2D eigenvalue weighted by molar-refractivity contribution is 9.10. The molecule has 0 spiro atoms. The van der Waals surface area contributed by atoms with Crippen LogP contribution in [0.4, 0.5) is 5.69 Å². The lowest BCUT2D eigenvalue weighted by molar-refractivity contribution is 1.02. The number of aryl methyl sites for hydroxylation is 1. The summed E-state index contributed by atoms with van der Waals surface area (Å²) in [6.45, 7) is 4.11. The van der Waals surface area contributed by atoms with Gasteiger partial charge in [0, 0.05) is 10.2 Å². The maximum absolute atomic E-state index is 5.32. The number of anilines is 1. The Kier molecular flexibility index (Phi) is 4.03. The third-order valence-corrected chi connectivity index (χ3v) is 2.56. The Hall–Kier alpha value is -0.940. The SMILES string of the molecule is C#CC(C)Nc1ccc(Br)cc1CC. The van der Waals surface area contributed by atoms with E-state index in [9.17, 15) is 0 Å². The molecule has 0 amide bonds. The Morgan fingerprint density at radius 2 is 2.29 bits per heavy atom. The lowest BCUT2D eigenvalue weighted by Crippen LogP contribution is -2.13. The zero-order valence-corrected chi connectivity index (χ0v) is 10.1. The van der Waals surface area contributed by atoms with Crippen LogP contribution in [0.3, 0.4) is 0 Å². The Bertz CT molecular complexity index is 352. The molecule has 1 aromatic carbocycles. The van der Waals surface area contributed by atoms with Gasteiger partial charge in [-0.05, 0) is 37.1 Å². The molecule has 1 atom stereocenters. The highest BCUT2D eigenvalue weighted by Crippen LogP contribution is 2.21. The molecular weight excluding hydrogens is 238 g/mol. The van der Waals surface area contributed by atoms with Crippen molar-refractivity contribution in [2.75, 3.05) is 5.32 Å². The van der Waals surface area contributed by atoms with E-state index in [4.69, 9.17) is 6.42 Å². The number of benzene rings is 1. The van der Waals surface area contributed by atoms with Gasteiger partial charge in [-0.25, -0.2) is 0 Å². The molecule has 14 heavy (non-hydrogen) atoms. The quantitative estimate of drug-likeness (QED) is 0.812. The van der Waals surface area contributed by atoms with Gasteiger partial charge in [0.05, 0.1) is 6.04 Å². The normalized spacial score (nSPS) is 11.9. The fourth-order valence-corrected chi connectivity index (χ4v) is 1.68. The minimum absolute atomic E-state index is 0.0708. The van der Waals surface area contributed by atoms with Gasteiger partial charge in [0.15, 0.2) is 0 Å². The maximum Gasteiger partial charge on any atom is 0.0845 e. The van der Waals surface area contributed by atoms with Crippen molar-refractivity contribution in [3.05, 3.63) is 28.2 Å². The third kappa shape index (κ3) is 2.78. The first-order chi connectivity index (χ1) is 6.67. The second-order valence-corrected chi connectivity index (χ2v) is 4.10. The minimum atomic E-state index is 0.0708. The van der Waals surface area contributed by atoms with Gasteiger partial charge in [-0.2, -0.15) is 0 Å². The topological polar surface area (TPSA) is 12.0 Å². The van der Waals surface area contributed by atoms with E-state index in [-0.39, 0.29) is 6.04 Å². The summed E-state index contributed by atoms with van der Waals surface area (Å²) in [7, 11) is 0. The lowest BCUT2D eigenvalue weighted by Gasteiger charge is -2.13. The fraction of sp³-hybridized carbons (Fsp3) is 0.333. The summed E-state index contributed by atoms with van der Waals surface area (Å²) >= 11 is 3.45. The molecule has 1 rings (SSSR count). The second-order valence-electron chi connectivity index (χ2n) is 3.19. The van der Waals surface area contributed by atoms with Crippen molar-refractivity contribution in [3.63, 3.8) is 0 Å². The molecule has 1 N–H and O–H groups in total. The van der Waals surface area contributed by atoms with E-state index >= 15 is 0 Å². The summed E-state index contributed by atoms with van der Waals surface area (Å²) in [5.74, 6) is 2.66. The fourth-order valence-electron chi connectivity index (χ4n) is 1.27. The summed E-state index contributed by atoms with van der Waals surface area (Å²) in [6, 6.07) is 6.26. The molecule has 1 aromatic rings. The van der Waals surface area contributed by atoms with Crippen LogP contribution >= 0.6 is 15.9 Å². The van der Waals surface area contributed by atoms with Crippen LogP contribution in [0.15, 0.2) is 22.7 Å². The summed E-state index contributed by atoms with van der Waals surface area (Å²) in [4.78, 5) is 0. The van der Waals surface area contributed by atoms with E-state index in [2.05, 4.69) is 46.2 Å². The number of rotatable bonds is 3. The van der Waals surface area contributed by atoms with Crippen LogP contribution in [0.5, 0.6) is 0 Å². The van der Waals surface area contributed by atoms with E-state index in [1.807, 2.05) is 13.0 Å². The Morgan fingerprint density at radius 1 is 1.57 bits per heavy atom. The zero-order chi connectivity index (χ0) is 10.6. The van der Waals surface area contributed by atoms with Crippen LogP contribution < -0.4 is 5.32 Å². The minimum Gasteiger partial charge on any atom is -0.372 e. The van der Waals surface area contributed by atoms with Crippen molar-refractivity contribution in [2.24, 2.45) is 0 Å². The van der Waals surface area contributed by atoms with Gasteiger partial charge in [-0.1, -0.05) is 28.8 Å². The highest BCUT2D eigenvalue weighted by Gasteiger charge is 2.03. The van der Waals surface area contributed by atoms with Crippen molar-refractivity contribution >= 4 is 21.6 Å². The van der Waals surface area contributed by atoms with Gasteiger partial charge in [-0.15, -0.1) is 6.42 Å². The van der Waals surface area contributed by atoms with Crippen molar-refractivity contribution in [2.45, 2.75) is 26.3 Å². The number of terminal acetylenes is 1. The molecule has 0 bridgehead atoms. The largest absolute Gasteiger partial charge is 0.372 e. The van der Waals surface area contributed by atoms with Gasteiger partial charge in [0.1, 0.15) is 0 Å². The van der Waals surface area contributed by atoms with Crippen molar-refractivity contribution < 1.29 is 0 Å². The Labute approximate surface area is 94.0 Å². The van der Waals surface area contributed by atoms with E-state index in [0.717, 1.165) is 16.6 Å². The van der Waals surface area contributed by atoms with Crippen LogP contribution in [0, 0.1) is 12.3 Å². The summed E-state index contributed by atoms with van der Waals surface area (Å²) < 4.78 is 1.10. The van der Waals surface area contributed by atoms with E-state index in [0.29, 0.717) is 0 Å². The van der Waals surface area contributed by atoms with Crippen LogP contribution in [-0.4, -0.2) is 6.04 Å². The van der Waals surface area contributed by atoms with Crippen molar-refractivity contribution in [1.29, 1.82) is 0 Å².